The zero-order valence-electron chi connectivity index (χ0n) is 13.0. The summed E-state index contributed by atoms with van der Waals surface area (Å²) in [7, 11) is 0. The third-order valence-electron chi connectivity index (χ3n) is 4.53. The summed E-state index contributed by atoms with van der Waals surface area (Å²) in [5.41, 5.74) is 10.6. The maximum atomic E-state index is 6.20. The van der Waals surface area contributed by atoms with Crippen molar-refractivity contribution in [1.29, 1.82) is 0 Å². The first-order chi connectivity index (χ1) is 10.1. The van der Waals surface area contributed by atoms with Crippen LogP contribution in [0.4, 0.5) is 0 Å². The summed E-state index contributed by atoms with van der Waals surface area (Å²) in [6.45, 7) is 5.01. The normalized spacial score (nSPS) is 17.1. The van der Waals surface area contributed by atoms with Crippen molar-refractivity contribution in [3.8, 4) is 12.3 Å². The van der Waals surface area contributed by atoms with Gasteiger partial charge in [-0.2, -0.15) is 0 Å². The van der Waals surface area contributed by atoms with Crippen LogP contribution in [0.1, 0.15) is 50.7 Å². The highest BCUT2D eigenvalue weighted by atomic mass is 35.5. The Balaban J connectivity index is 2.42. The lowest BCUT2D eigenvalue weighted by Gasteiger charge is -2.19. The van der Waals surface area contributed by atoms with Gasteiger partial charge in [0.2, 0.25) is 0 Å². The lowest BCUT2D eigenvalue weighted by atomic mass is 9.87. The van der Waals surface area contributed by atoms with E-state index in [4.69, 9.17) is 23.8 Å². The molecule has 1 nitrogen and oxygen atoms in total. The molecule has 21 heavy (non-hydrogen) atoms. The van der Waals surface area contributed by atoms with Crippen molar-refractivity contribution < 1.29 is 0 Å². The Kier molecular flexibility index (Phi) is 5.51. The van der Waals surface area contributed by atoms with E-state index in [1.54, 1.807) is 0 Å². The molecule has 0 saturated heterocycles. The highest BCUT2D eigenvalue weighted by Crippen LogP contribution is 2.39. The smallest absolute Gasteiger partial charge is 0.0412 e. The first-order valence-corrected chi connectivity index (χ1v) is 8.10. The fourth-order valence-corrected chi connectivity index (χ4v) is 2.84. The molecule has 0 radical (unpaired) electrons. The van der Waals surface area contributed by atoms with Crippen LogP contribution in [0.5, 0.6) is 0 Å². The molecule has 2 N–H and O–H groups in total. The van der Waals surface area contributed by atoms with Crippen molar-refractivity contribution in [3.63, 3.8) is 0 Å². The van der Waals surface area contributed by atoms with Gasteiger partial charge in [0.1, 0.15) is 0 Å². The second-order valence-electron chi connectivity index (χ2n) is 6.11. The van der Waals surface area contributed by atoms with Gasteiger partial charge >= 0.3 is 0 Å². The number of benzene rings is 1. The van der Waals surface area contributed by atoms with E-state index in [1.165, 1.54) is 30.4 Å². The number of nitrogens with two attached hydrogens (primary N) is 1. The second kappa shape index (κ2) is 7.16. The van der Waals surface area contributed by atoms with Crippen molar-refractivity contribution in [3.05, 3.63) is 39.9 Å². The predicted octanol–water partition coefficient (Wildman–Crippen LogP) is 4.88. The van der Waals surface area contributed by atoms with Crippen LogP contribution >= 0.6 is 11.6 Å². The quantitative estimate of drug-likeness (QED) is 0.745. The minimum Gasteiger partial charge on any atom is -0.330 e. The molecule has 0 bridgehead atoms. The standard InChI is InChI=1S/C19H24ClN/c1-4-16-8-9-17(20)11-19(16)18(10-7-15-5-6-15)14(3)13(2)12-21/h1,8-9,11,13,15H,5-7,10,12,21H2,2-3H3/b18-14+. The molecule has 0 heterocycles. The van der Waals surface area contributed by atoms with Gasteiger partial charge in [-0.05, 0) is 67.5 Å². The van der Waals surface area contributed by atoms with Gasteiger partial charge in [-0.25, -0.2) is 0 Å². The number of allylic oxidation sites excluding steroid dienone is 1. The van der Waals surface area contributed by atoms with Gasteiger partial charge in [0.05, 0.1) is 0 Å². The third-order valence-corrected chi connectivity index (χ3v) is 4.77. The number of hydrogen-bond acceptors (Lipinski definition) is 1. The number of halogens is 1. The second-order valence-corrected chi connectivity index (χ2v) is 6.55. The molecule has 2 rings (SSSR count). The van der Waals surface area contributed by atoms with Gasteiger partial charge in [0.15, 0.2) is 0 Å². The Morgan fingerprint density at radius 2 is 2.19 bits per heavy atom. The lowest BCUT2D eigenvalue weighted by molar-refractivity contribution is 0.684. The molecule has 1 saturated carbocycles. The van der Waals surface area contributed by atoms with Crippen LogP contribution in [0.2, 0.25) is 5.02 Å². The summed E-state index contributed by atoms with van der Waals surface area (Å²) in [6, 6.07) is 5.81. The van der Waals surface area contributed by atoms with Crippen molar-refractivity contribution in [2.45, 2.75) is 39.5 Å². The zero-order chi connectivity index (χ0) is 15.4. The Morgan fingerprint density at radius 3 is 2.76 bits per heavy atom. The first-order valence-electron chi connectivity index (χ1n) is 7.73. The fraction of sp³-hybridized carbons (Fsp3) is 0.474. The minimum atomic E-state index is 0.365. The molecule has 0 aromatic heterocycles. The summed E-state index contributed by atoms with van der Waals surface area (Å²) in [4.78, 5) is 0. The highest BCUT2D eigenvalue weighted by Gasteiger charge is 2.23. The summed E-state index contributed by atoms with van der Waals surface area (Å²) < 4.78 is 0. The number of hydrogen-bond donors (Lipinski definition) is 1. The molecule has 1 aromatic rings. The Hall–Kier alpha value is -1.23. The van der Waals surface area contributed by atoms with Crippen molar-refractivity contribution >= 4 is 17.2 Å². The van der Waals surface area contributed by atoms with Crippen LogP contribution in [-0.2, 0) is 0 Å². The SMILES string of the molecule is C#Cc1ccc(Cl)cc1/C(CCC1CC1)=C(\C)C(C)CN. The molecule has 1 atom stereocenters. The molecular formula is C19H24ClN. The van der Waals surface area contributed by atoms with E-state index < -0.39 is 0 Å². The molecule has 0 amide bonds. The van der Waals surface area contributed by atoms with Crippen LogP contribution in [0, 0.1) is 24.2 Å². The van der Waals surface area contributed by atoms with Gasteiger partial charge < -0.3 is 5.73 Å². The molecule has 112 valence electrons. The average molecular weight is 302 g/mol. The molecule has 1 aromatic carbocycles. The van der Waals surface area contributed by atoms with Gasteiger partial charge in [-0.1, -0.05) is 42.9 Å². The molecule has 2 heteroatoms. The van der Waals surface area contributed by atoms with E-state index >= 15 is 0 Å². The molecule has 1 aliphatic rings. The van der Waals surface area contributed by atoms with E-state index in [-0.39, 0.29) is 0 Å². The summed E-state index contributed by atoms with van der Waals surface area (Å²) in [6.07, 6.45) is 10.7. The van der Waals surface area contributed by atoms with Gasteiger partial charge in [-0.3, -0.25) is 0 Å². The fourth-order valence-electron chi connectivity index (χ4n) is 2.67. The van der Waals surface area contributed by atoms with E-state index in [1.807, 2.05) is 18.2 Å². The van der Waals surface area contributed by atoms with Crippen LogP contribution in [-0.4, -0.2) is 6.54 Å². The largest absolute Gasteiger partial charge is 0.330 e. The maximum absolute atomic E-state index is 6.20. The van der Waals surface area contributed by atoms with Gasteiger partial charge in [0, 0.05) is 10.6 Å². The van der Waals surface area contributed by atoms with Gasteiger partial charge in [-0.15, -0.1) is 6.42 Å². The Morgan fingerprint density at radius 1 is 1.48 bits per heavy atom. The van der Waals surface area contributed by atoms with Gasteiger partial charge in [0.25, 0.3) is 0 Å². The monoisotopic (exact) mass is 301 g/mol. The minimum absolute atomic E-state index is 0.365. The van der Waals surface area contributed by atoms with E-state index in [9.17, 15) is 0 Å². The third kappa shape index (κ3) is 4.13. The van der Waals surface area contributed by atoms with Crippen LogP contribution < -0.4 is 5.73 Å². The maximum Gasteiger partial charge on any atom is 0.0412 e. The van der Waals surface area contributed by atoms with E-state index in [2.05, 4.69) is 19.8 Å². The topological polar surface area (TPSA) is 26.0 Å². The molecule has 1 fully saturated rings. The van der Waals surface area contributed by atoms with Crippen LogP contribution in [0.25, 0.3) is 5.57 Å². The first kappa shape index (κ1) is 16.1. The molecule has 1 aliphatic carbocycles. The number of terminal acetylenes is 1. The highest BCUT2D eigenvalue weighted by molar-refractivity contribution is 6.30. The summed E-state index contributed by atoms with van der Waals surface area (Å²) >= 11 is 6.20. The van der Waals surface area contributed by atoms with Crippen molar-refractivity contribution in [2.24, 2.45) is 17.6 Å². The molecule has 0 aliphatic heterocycles. The predicted molar refractivity (Wildman–Crippen MR) is 92.2 cm³/mol. The lowest BCUT2D eigenvalue weighted by Crippen LogP contribution is -2.13. The van der Waals surface area contributed by atoms with E-state index in [0.717, 1.165) is 28.5 Å². The van der Waals surface area contributed by atoms with Crippen molar-refractivity contribution in [1.82, 2.24) is 0 Å². The van der Waals surface area contributed by atoms with E-state index in [0.29, 0.717) is 12.5 Å². The molecular weight excluding hydrogens is 278 g/mol. The Labute approximate surface area is 133 Å². The summed E-state index contributed by atoms with van der Waals surface area (Å²) in [5, 5.41) is 0.737. The van der Waals surface area contributed by atoms with Crippen LogP contribution in [0.3, 0.4) is 0 Å². The zero-order valence-corrected chi connectivity index (χ0v) is 13.7. The Bertz CT molecular complexity index is 576. The van der Waals surface area contributed by atoms with Crippen LogP contribution in [0.15, 0.2) is 23.8 Å². The average Bonchev–Trinajstić information content (AvgIpc) is 3.30. The summed E-state index contributed by atoms with van der Waals surface area (Å²) in [5.74, 6) is 4.06. The molecule has 1 unspecified atom stereocenters. The molecule has 0 spiro atoms. The number of rotatable bonds is 6. The van der Waals surface area contributed by atoms with Crippen molar-refractivity contribution in [2.75, 3.05) is 6.54 Å².